The van der Waals surface area contributed by atoms with Crippen LogP contribution in [0.1, 0.15) is 32.6 Å². The van der Waals surface area contributed by atoms with E-state index in [1.807, 2.05) is 0 Å². The third-order valence-electron chi connectivity index (χ3n) is 2.47. The lowest BCUT2D eigenvalue weighted by Gasteiger charge is -2.11. The van der Waals surface area contributed by atoms with E-state index in [2.05, 4.69) is 5.32 Å². The lowest BCUT2D eigenvalue weighted by atomic mass is 10.1. The molecule has 2 atom stereocenters. The molecule has 5 heteroatoms. The van der Waals surface area contributed by atoms with Gasteiger partial charge in [0.1, 0.15) is 6.04 Å². The van der Waals surface area contributed by atoms with E-state index in [0.717, 1.165) is 19.4 Å². The zero-order valence-corrected chi connectivity index (χ0v) is 8.86. The van der Waals surface area contributed by atoms with Gasteiger partial charge in [-0.05, 0) is 26.2 Å². The number of aliphatic carboxylic acids is 1. The molecule has 1 aliphatic rings. The Balaban J connectivity index is 2.15. The third kappa shape index (κ3) is 4.29. The second-order valence-electron chi connectivity index (χ2n) is 3.80. The third-order valence-corrected chi connectivity index (χ3v) is 2.47. The van der Waals surface area contributed by atoms with Crippen molar-refractivity contribution in [2.24, 2.45) is 0 Å². The van der Waals surface area contributed by atoms with Gasteiger partial charge < -0.3 is 15.2 Å². The molecule has 2 N–H and O–H groups in total. The second kappa shape index (κ2) is 5.70. The molecule has 1 fully saturated rings. The molecule has 0 spiro atoms. The predicted octanol–water partition coefficient (Wildman–Crippen LogP) is 0.535. The molecule has 0 aromatic carbocycles. The monoisotopic (exact) mass is 215 g/mol. The number of rotatable bonds is 5. The summed E-state index contributed by atoms with van der Waals surface area (Å²) in [4.78, 5) is 21.7. The normalized spacial score (nSPS) is 22.3. The summed E-state index contributed by atoms with van der Waals surface area (Å²) in [5.74, 6) is -1.24. The maximum Gasteiger partial charge on any atom is 0.325 e. The second-order valence-corrected chi connectivity index (χ2v) is 3.80. The molecule has 1 heterocycles. The molecule has 0 aromatic heterocycles. The van der Waals surface area contributed by atoms with Crippen LogP contribution in [-0.4, -0.2) is 35.7 Å². The van der Waals surface area contributed by atoms with Crippen LogP contribution in [0.25, 0.3) is 0 Å². The van der Waals surface area contributed by atoms with Crippen molar-refractivity contribution in [3.63, 3.8) is 0 Å². The van der Waals surface area contributed by atoms with Crippen LogP contribution in [0.5, 0.6) is 0 Å². The van der Waals surface area contributed by atoms with Gasteiger partial charge >= 0.3 is 5.97 Å². The zero-order chi connectivity index (χ0) is 11.3. The van der Waals surface area contributed by atoms with Crippen molar-refractivity contribution in [2.45, 2.75) is 44.8 Å². The van der Waals surface area contributed by atoms with Gasteiger partial charge in [-0.3, -0.25) is 9.59 Å². The van der Waals surface area contributed by atoms with Crippen molar-refractivity contribution in [3.8, 4) is 0 Å². The molecule has 1 amide bonds. The molecular weight excluding hydrogens is 198 g/mol. The first-order valence-electron chi connectivity index (χ1n) is 5.23. The summed E-state index contributed by atoms with van der Waals surface area (Å²) < 4.78 is 5.36. The lowest BCUT2D eigenvalue weighted by Crippen LogP contribution is -2.38. The lowest BCUT2D eigenvalue weighted by molar-refractivity contribution is -0.141. The smallest absolute Gasteiger partial charge is 0.325 e. The Kier molecular flexibility index (Phi) is 4.55. The van der Waals surface area contributed by atoms with E-state index >= 15 is 0 Å². The van der Waals surface area contributed by atoms with Gasteiger partial charge in [0.2, 0.25) is 5.91 Å². The van der Waals surface area contributed by atoms with E-state index in [-0.39, 0.29) is 12.0 Å². The van der Waals surface area contributed by atoms with Crippen LogP contribution in [0.2, 0.25) is 0 Å². The van der Waals surface area contributed by atoms with Crippen LogP contribution in [0.4, 0.5) is 0 Å². The van der Waals surface area contributed by atoms with Gasteiger partial charge in [-0.2, -0.15) is 0 Å². The van der Waals surface area contributed by atoms with E-state index < -0.39 is 12.0 Å². The average Bonchev–Trinajstić information content (AvgIpc) is 2.66. The number of ether oxygens (including phenoxy) is 1. The first-order chi connectivity index (χ1) is 7.09. The number of carboxylic acids is 1. The SMILES string of the molecule is C[C@@H](NC(=O)CCC1CCCO1)C(=O)O. The van der Waals surface area contributed by atoms with Gasteiger partial charge in [-0.1, -0.05) is 0 Å². The van der Waals surface area contributed by atoms with E-state index in [0.29, 0.717) is 12.8 Å². The maximum absolute atomic E-state index is 11.3. The van der Waals surface area contributed by atoms with Crippen LogP contribution in [0, 0.1) is 0 Å². The minimum Gasteiger partial charge on any atom is -0.480 e. The molecule has 86 valence electrons. The van der Waals surface area contributed by atoms with E-state index in [4.69, 9.17) is 9.84 Å². The highest BCUT2D eigenvalue weighted by molar-refractivity contribution is 5.83. The first-order valence-corrected chi connectivity index (χ1v) is 5.23. The minimum absolute atomic E-state index is 0.177. The summed E-state index contributed by atoms with van der Waals surface area (Å²) in [7, 11) is 0. The van der Waals surface area contributed by atoms with Gasteiger partial charge in [-0.15, -0.1) is 0 Å². The molecule has 1 rings (SSSR count). The highest BCUT2D eigenvalue weighted by Gasteiger charge is 2.18. The molecule has 5 nitrogen and oxygen atoms in total. The van der Waals surface area contributed by atoms with Crippen LogP contribution in [0.15, 0.2) is 0 Å². The van der Waals surface area contributed by atoms with Crippen molar-refractivity contribution < 1.29 is 19.4 Å². The van der Waals surface area contributed by atoms with Gasteiger partial charge in [0.05, 0.1) is 6.10 Å². The summed E-state index contributed by atoms with van der Waals surface area (Å²) in [5, 5.41) is 11.0. The van der Waals surface area contributed by atoms with Gasteiger partial charge in [0.15, 0.2) is 0 Å². The fraction of sp³-hybridized carbons (Fsp3) is 0.800. The molecule has 0 aliphatic carbocycles. The van der Waals surface area contributed by atoms with Crippen molar-refractivity contribution in [1.29, 1.82) is 0 Å². The predicted molar refractivity (Wildman–Crippen MR) is 53.4 cm³/mol. The van der Waals surface area contributed by atoms with Gasteiger partial charge in [0.25, 0.3) is 0 Å². The molecule has 15 heavy (non-hydrogen) atoms. The van der Waals surface area contributed by atoms with Crippen LogP contribution in [0.3, 0.4) is 0 Å². The Bertz CT molecular complexity index is 236. The Morgan fingerprint density at radius 3 is 2.87 bits per heavy atom. The maximum atomic E-state index is 11.3. The van der Waals surface area contributed by atoms with Crippen molar-refractivity contribution in [1.82, 2.24) is 5.32 Å². The fourth-order valence-corrected chi connectivity index (χ4v) is 1.54. The topological polar surface area (TPSA) is 75.6 Å². The number of nitrogens with one attached hydrogen (secondary N) is 1. The van der Waals surface area contributed by atoms with Crippen molar-refractivity contribution >= 4 is 11.9 Å². The van der Waals surface area contributed by atoms with E-state index in [1.54, 1.807) is 0 Å². The van der Waals surface area contributed by atoms with Gasteiger partial charge in [-0.25, -0.2) is 0 Å². The standard InChI is InChI=1S/C10H17NO4/c1-7(10(13)14)11-9(12)5-4-8-3-2-6-15-8/h7-8H,2-6H2,1H3,(H,11,12)(H,13,14)/t7-,8?/m1/s1. The Hall–Kier alpha value is -1.10. The van der Waals surface area contributed by atoms with Gasteiger partial charge in [0, 0.05) is 13.0 Å². The van der Waals surface area contributed by atoms with E-state index in [1.165, 1.54) is 6.92 Å². The Morgan fingerprint density at radius 1 is 1.60 bits per heavy atom. The van der Waals surface area contributed by atoms with Crippen molar-refractivity contribution in [2.75, 3.05) is 6.61 Å². The number of hydrogen-bond acceptors (Lipinski definition) is 3. The largest absolute Gasteiger partial charge is 0.480 e. The summed E-state index contributed by atoms with van der Waals surface area (Å²) >= 11 is 0. The van der Waals surface area contributed by atoms with Crippen LogP contribution < -0.4 is 5.32 Å². The molecule has 0 aromatic rings. The summed E-state index contributed by atoms with van der Waals surface area (Å²) in [6.45, 7) is 2.23. The number of hydrogen-bond donors (Lipinski definition) is 2. The summed E-state index contributed by atoms with van der Waals surface area (Å²) in [5.41, 5.74) is 0. The molecular formula is C10H17NO4. The molecule has 1 unspecified atom stereocenters. The average molecular weight is 215 g/mol. The van der Waals surface area contributed by atoms with Crippen LogP contribution >= 0.6 is 0 Å². The van der Waals surface area contributed by atoms with Crippen LogP contribution in [-0.2, 0) is 14.3 Å². The van der Waals surface area contributed by atoms with Crippen molar-refractivity contribution in [3.05, 3.63) is 0 Å². The minimum atomic E-state index is -1.01. The molecule has 0 bridgehead atoms. The fourth-order valence-electron chi connectivity index (χ4n) is 1.54. The number of amides is 1. The number of carboxylic acid groups (broad SMARTS) is 1. The number of carbonyl (C=O) groups excluding carboxylic acids is 1. The zero-order valence-electron chi connectivity index (χ0n) is 8.86. The molecule has 1 aliphatic heterocycles. The summed E-state index contributed by atoms with van der Waals surface area (Å²) in [6.07, 6.45) is 3.25. The Morgan fingerprint density at radius 2 is 2.33 bits per heavy atom. The highest BCUT2D eigenvalue weighted by Crippen LogP contribution is 2.16. The quantitative estimate of drug-likeness (QED) is 0.701. The highest BCUT2D eigenvalue weighted by atomic mass is 16.5. The van der Waals surface area contributed by atoms with E-state index in [9.17, 15) is 9.59 Å². The molecule has 0 radical (unpaired) electrons. The first kappa shape index (κ1) is 12.0. The summed E-state index contributed by atoms with van der Waals surface area (Å²) in [6, 6.07) is -0.818. The Labute approximate surface area is 88.8 Å². The molecule has 0 saturated carbocycles. The molecule has 1 saturated heterocycles. The number of carbonyl (C=O) groups is 2.